The fourth-order valence-corrected chi connectivity index (χ4v) is 3.61. The number of hydrogen-bond acceptors (Lipinski definition) is 4. The Kier molecular flexibility index (Phi) is 5.68. The standard InChI is InChI=1S/C23H22ClN3O3/c1-14-4-3-5-15(8-14)13-30-22-18(24)9-16(10-21(22)29-2)12-25-17-6-7-19-20(11-17)27-23(28)26-19/h3-11,25H,12-13H2,1-2H3,(H2,26,27,28). The summed E-state index contributed by atoms with van der Waals surface area (Å²) >= 11 is 6.50. The van der Waals surface area contributed by atoms with Gasteiger partial charge in [-0.3, -0.25) is 0 Å². The predicted octanol–water partition coefficient (Wildman–Crippen LogP) is 5.02. The Bertz CT molecular complexity index is 1250. The molecule has 0 radical (unpaired) electrons. The van der Waals surface area contributed by atoms with Crippen LogP contribution in [-0.2, 0) is 13.2 Å². The minimum absolute atomic E-state index is 0.222. The summed E-state index contributed by atoms with van der Waals surface area (Å²) in [5, 5.41) is 3.82. The second-order valence-corrected chi connectivity index (χ2v) is 7.49. The van der Waals surface area contributed by atoms with Crippen molar-refractivity contribution in [3.63, 3.8) is 0 Å². The van der Waals surface area contributed by atoms with Gasteiger partial charge in [-0.1, -0.05) is 41.4 Å². The van der Waals surface area contributed by atoms with Crippen molar-refractivity contribution in [1.29, 1.82) is 0 Å². The van der Waals surface area contributed by atoms with Crippen LogP contribution in [0.4, 0.5) is 5.69 Å². The van der Waals surface area contributed by atoms with Crippen LogP contribution in [0.15, 0.2) is 59.4 Å². The molecule has 0 aliphatic carbocycles. The van der Waals surface area contributed by atoms with E-state index in [4.69, 9.17) is 21.1 Å². The van der Waals surface area contributed by atoms with Crippen molar-refractivity contribution in [2.75, 3.05) is 12.4 Å². The number of rotatable bonds is 7. The number of anilines is 1. The highest BCUT2D eigenvalue weighted by molar-refractivity contribution is 6.32. The number of imidazole rings is 1. The molecule has 4 aromatic rings. The van der Waals surface area contributed by atoms with Crippen LogP contribution in [0.25, 0.3) is 11.0 Å². The van der Waals surface area contributed by atoms with E-state index in [-0.39, 0.29) is 5.69 Å². The molecule has 3 aromatic carbocycles. The number of nitrogens with one attached hydrogen (secondary N) is 3. The molecule has 4 rings (SSSR count). The first-order valence-electron chi connectivity index (χ1n) is 9.52. The summed E-state index contributed by atoms with van der Waals surface area (Å²) in [4.78, 5) is 16.9. The molecule has 1 aromatic heterocycles. The third-order valence-corrected chi connectivity index (χ3v) is 5.05. The molecule has 0 saturated carbocycles. The summed E-state index contributed by atoms with van der Waals surface area (Å²) in [7, 11) is 1.60. The zero-order valence-electron chi connectivity index (χ0n) is 16.7. The van der Waals surface area contributed by atoms with Gasteiger partial charge < -0.3 is 24.8 Å². The monoisotopic (exact) mass is 423 g/mol. The van der Waals surface area contributed by atoms with Gasteiger partial charge in [0.1, 0.15) is 6.61 Å². The highest BCUT2D eigenvalue weighted by atomic mass is 35.5. The van der Waals surface area contributed by atoms with Crippen molar-refractivity contribution in [1.82, 2.24) is 9.97 Å². The number of methoxy groups -OCH3 is 1. The zero-order valence-corrected chi connectivity index (χ0v) is 17.5. The number of hydrogen-bond donors (Lipinski definition) is 3. The lowest BCUT2D eigenvalue weighted by molar-refractivity contribution is 0.284. The Hall–Kier alpha value is -3.38. The van der Waals surface area contributed by atoms with Gasteiger partial charge >= 0.3 is 5.69 Å². The van der Waals surface area contributed by atoms with E-state index in [9.17, 15) is 4.79 Å². The third-order valence-electron chi connectivity index (χ3n) is 4.77. The van der Waals surface area contributed by atoms with Gasteiger partial charge in [0, 0.05) is 12.2 Å². The summed E-state index contributed by atoms with van der Waals surface area (Å²) in [5.74, 6) is 1.10. The lowest BCUT2D eigenvalue weighted by atomic mass is 10.1. The highest BCUT2D eigenvalue weighted by Crippen LogP contribution is 2.37. The molecule has 0 fully saturated rings. The number of fused-ring (bicyclic) bond motifs is 1. The molecule has 0 bridgehead atoms. The average molecular weight is 424 g/mol. The van der Waals surface area contributed by atoms with Gasteiger partial charge in [0.25, 0.3) is 0 Å². The maximum absolute atomic E-state index is 11.4. The number of ether oxygens (including phenoxy) is 2. The molecule has 0 amide bonds. The SMILES string of the molecule is COc1cc(CNc2ccc3[nH]c(=O)[nH]c3c2)cc(Cl)c1OCc1cccc(C)c1. The van der Waals surface area contributed by atoms with Crippen molar-refractivity contribution in [3.8, 4) is 11.5 Å². The molecule has 0 unspecified atom stereocenters. The van der Waals surface area contributed by atoms with Gasteiger partial charge in [0.2, 0.25) is 0 Å². The molecule has 1 heterocycles. The number of aryl methyl sites for hydroxylation is 1. The Morgan fingerprint density at radius 3 is 2.63 bits per heavy atom. The molecule has 7 heteroatoms. The minimum atomic E-state index is -0.222. The van der Waals surface area contributed by atoms with E-state index in [1.165, 1.54) is 5.56 Å². The van der Waals surface area contributed by atoms with Crippen molar-refractivity contribution < 1.29 is 9.47 Å². The normalized spacial score (nSPS) is 10.9. The van der Waals surface area contributed by atoms with Crippen LogP contribution in [0.1, 0.15) is 16.7 Å². The van der Waals surface area contributed by atoms with Crippen LogP contribution in [-0.4, -0.2) is 17.1 Å². The fourth-order valence-electron chi connectivity index (χ4n) is 3.32. The first-order valence-corrected chi connectivity index (χ1v) is 9.90. The molecular weight excluding hydrogens is 402 g/mol. The quantitative estimate of drug-likeness (QED) is 0.390. The lowest BCUT2D eigenvalue weighted by Crippen LogP contribution is -2.03. The number of H-pyrrole nitrogens is 2. The molecule has 30 heavy (non-hydrogen) atoms. The molecule has 6 nitrogen and oxygen atoms in total. The lowest BCUT2D eigenvalue weighted by Gasteiger charge is -2.15. The first-order chi connectivity index (χ1) is 14.5. The van der Waals surface area contributed by atoms with E-state index in [1.54, 1.807) is 7.11 Å². The third kappa shape index (κ3) is 4.44. The van der Waals surface area contributed by atoms with Crippen LogP contribution in [0.3, 0.4) is 0 Å². The van der Waals surface area contributed by atoms with E-state index in [2.05, 4.69) is 21.4 Å². The van der Waals surface area contributed by atoms with E-state index < -0.39 is 0 Å². The van der Waals surface area contributed by atoms with Gasteiger partial charge in [0.15, 0.2) is 11.5 Å². The summed E-state index contributed by atoms with van der Waals surface area (Å²) in [6, 6.07) is 17.5. The maximum atomic E-state index is 11.4. The summed E-state index contributed by atoms with van der Waals surface area (Å²) in [6.45, 7) is 2.99. The van der Waals surface area contributed by atoms with Crippen LogP contribution in [0, 0.1) is 6.92 Å². The van der Waals surface area contributed by atoms with Crippen molar-refractivity contribution >= 4 is 28.3 Å². The van der Waals surface area contributed by atoms with Crippen molar-refractivity contribution in [3.05, 3.63) is 86.8 Å². The molecule has 0 atom stereocenters. The number of benzene rings is 3. The van der Waals surface area contributed by atoms with Crippen molar-refractivity contribution in [2.45, 2.75) is 20.1 Å². The van der Waals surface area contributed by atoms with Gasteiger partial charge in [-0.2, -0.15) is 0 Å². The topological polar surface area (TPSA) is 79.1 Å². The van der Waals surface area contributed by atoms with Crippen LogP contribution < -0.4 is 20.5 Å². The van der Waals surface area contributed by atoms with E-state index in [0.717, 1.165) is 27.8 Å². The molecule has 0 aliphatic heterocycles. The average Bonchev–Trinajstić information content (AvgIpc) is 3.10. The molecular formula is C23H22ClN3O3. The molecule has 154 valence electrons. The van der Waals surface area contributed by atoms with E-state index in [1.807, 2.05) is 55.5 Å². The Morgan fingerprint density at radius 1 is 1.00 bits per heavy atom. The van der Waals surface area contributed by atoms with Gasteiger partial charge in [-0.05, 0) is 48.4 Å². The van der Waals surface area contributed by atoms with Gasteiger partial charge in [-0.15, -0.1) is 0 Å². The summed E-state index contributed by atoms with van der Waals surface area (Å²) in [5.41, 5.74) is 5.37. The maximum Gasteiger partial charge on any atom is 0.323 e. The fraction of sp³-hybridized carbons (Fsp3) is 0.174. The largest absolute Gasteiger partial charge is 0.493 e. The zero-order chi connectivity index (χ0) is 21.1. The Labute approximate surface area is 178 Å². The molecule has 0 saturated heterocycles. The van der Waals surface area contributed by atoms with Crippen molar-refractivity contribution in [2.24, 2.45) is 0 Å². The molecule has 3 N–H and O–H groups in total. The van der Waals surface area contributed by atoms with E-state index in [0.29, 0.717) is 29.7 Å². The van der Waals surface area contributed by atoms with Crippen LogP contribution in [0.5, 0.6) is 11.5 Å². The Balaban J connectivity index is 1.48. The second-order valence-electron chi connectivity index (χ2n) is 7.08. The van der Waals surface area contributed by atoms with Crippen LogP contribution in [0.2, 0.25) is 5.02 Å². The van der Waals surface area contributed by atoms with Crippen LogP contribution >= 0.6 is 11.6 Å². The molecule has 0 aliphatic rings. The van der Waals surface area contributed by atoms with E-state index >= 15 is 0 Å². The van der Waals surface area contributed by atoms with Gasteiger partial charge in [-0.25, -0.2) is 4.79 Å². The number of aromatic amines is 2. The first kappa shape index (κ1) is 19.9. The number of halogens is 1. The molecule has 0 spiro atoms. The number of aromatic nitrogens is 2. The Morgan fingerprint density at radius 2 is 1.83 bits per heavy atom. The summed E-state index contributed by atoms with van der Waals surface area (Å²) in [6.07, 6.45) is 0. The smallest absolute Gasteiger partial charge is 0.323 e. The second kappa shape index (κ2) is 8.55. The summed E-state index contributed by atoms with van der Waals surface area (Å²) < 4.78 is 11.5. The minimum Gasteiger partial charge on any atom is -0.493 e. The highest BCUT2D eigenvalue weighted by Gasteiger charge is 2.13. The predicted molar refractivity (Wildman–Crippen MR) is 120 cm³/mol. The van der Waals surface area contributed by atoms with Gasteiger partial charge in [0.05, 0.1) is 23.2 Å².